The van der Waals surface area contributed by atoms with Crippen molar-refractivity contribution in [2.24, 2.45) is 0 Å². The summed E-state index contributed by atoms with van der Waals surface area (Å²) in [6.45, 7) is 10.8. The van der Waals surface area contributed by atoms with Gasteiger partial charge >= 0.3 is 0 Å². The number of hydrogen-bond donors (Lipinski definition) is 0. The quantitative estimate of drug-likeness (QED) is 0.517. The Morgan fingerprint density at radius 3 is 2.64 bits per heavy atom. The van der Waals surface area contributed by atoms with E-state index in [0.29, 0.717) is 11.2 Å². The summed E-state index contributed by atoms with van der Waals surface area (Å²) < 4.78 is 5.64. The van der Waals surface area contributed by atoms with E-state index < -0.39 is 0 Å². The van der Waals surface area contributed by atoms with Crippen LogP contribution in [0.3, 0.4) is 0 Å². The fourth-order valence-corrected chi connectivity index (χ4v) is 1.93. The molecular weight excluding hydrogens is 194 g/mol. The molecule has 0 aliphatic carbocycles. The molecule has 1 fully saturated rings. The van der Waals surface area contributed by atoms with E-state index in [1.165, 1.54) is 6.42 Å². The maximum absolute atomic E-state index is 5.64. The summed E-state index contributed by atoms with van der Waals surface area (Å²) >= 11 is 5.24. The van der Waals surface area contributed by atoms with Crippen LogP contribution >= 0.6 is 12.2 Å². The molecule has 1 aliphatic rings. The Labute approximate surface area is 91.9 Å². The third-order valence-electron chi connectivity index (χ3n) is 2.21. The van der Waals surface area contributed by atoms with E-state index in [4.69, 9.17) is 17.0 Å². The van der Waals surface area contributed by atoms with Gasteiger partial charge in [0.15, 0.2) is 0 Å². The van der Waals surface area contributed by atoms with Crippen molar-refractivity contribution in [3.8, 4) is 0 Å². The third-order valence-corrected chi connectivity index (χ3v) is 2.53. The molecular formula is C11H19NOS. The fourth-order valence-electron chi connectivity index (χ4n) is 1.44. The van der Waals surface area contributed by atoms with E-state index in [1.54, 1.807) is 0 Å². The summed E-state index contributed by atoms with van der Waals surface area (Å²) in [4.78, 5) is 2.14. The zero-order valence-electron chi connectivity index (χ0n) is 9.25. The molecule has 0 saturated carbocycles. The van der Waals surface area contributed by atoms with Crippen LogP contribution in [0.2, 0.25) is 0 Å². The van der Waals surface area contributed by atoms with Crippen LogP contribution in [-0.2, 0) is 4.74 Å². The highest BCUT2D eigenvalue weighted by molar-refractivity contribution is 7.80. The molecule has 1 rings (SSSR count). The van der Waals surface area contributed by atoms with E-state index in [1.807, 2.05) is 26.8 Å². The molecule has 1 heterocycles. The van der Waals surface area contributed by atoms with Crippen molar-refractivity contribution in [1.82, 2.24) is 4.90 Å². The van der Waals surface area contributed by atoms with Gasteiger partial charge in [-0.05, 0) is 45.8 Å². The SMILES string of the molecule is C=CCC1CCN1C(=S)OC(C)(C)C. The number of thiocarbonyl (C=S) groups is 1. The van der Waals surface area contributed by atoms with Crippen molar-refractivity contribution in [3.63, 3.8) is 0 Å². The minimum Gasteiger partial charge on any atom is -0.465 e. The topological polar surface area (TPSA) is 12.5 Å². The van der Waals surface area contributed by atoms with Crippen LogP contribution < -0.4 is 0 Å². The van der Waals surface area contributed by atoms with Gasteiger partial charge in [0.25, 0.3) is 5.17 Å². The lowest BCUT2D eigenvalue weighted by atomic mass is 10.0. The Bertz CT molecular complexity index is 232. The largest absolute Gasteiger partial charge is 0.465 e. The Morgan fingerprint density at radius 1 is 1.64 bits per heavy atom. The normalized spacial score (nSPS) is 21.4. The molecule has 0 aromatic carbocycles. The molecule has 1 unspecified atom stereocenters. The first-order valence-corrected chi connectivity index (χ1v) is 5.45. The van der Waals surface area contributed by atoms with E-state index in [9.17, 15) is 0 Å². The van der Waals surface area contributed by atoms with Crippen molar-refractivity contribution in [2.45, 2.75) is 45.3 Å². The predicted octanol–water partition coefficient (Wildman–Crippen LogP) is 2.74. The fraction of sp³-hybridized carbons (Fsp3) is 0.727. The number of rotatable bonds is 2. The summed E-state index contributed by atoms with van der Waals surface area (Å²) in [7, 11) is 0. The number of hydrogen-bond acceptors (Lipinski definition) is 2. The molecule has 0 amide bonds. The summed E-state index contributed by atoms with van der Waals surface area (Å²) in [5.74, 6) is 0. The maximum atomic E-state index is 5.64. The zero-order valence-corrected chi connectivity index (χ0v) is 10.1. The second-order valence-corrected chi connectivity index (χ2v) is 4.99. The van der Waals surface area contributed by atoms with Gasteiger partial charge in [-0.3, -0.25) is 0 Å². The van der Waals surface area contributed by atoms with Gasteiger partial charge in [0.1, 0.15) is 5.60 Å². The van der Waals surface area contributed by atoms with Crippen LogP contribution in [0.1, 0.15) is 33.6 Å². The number of nitrogens with zero attached hydrogens (tertiary/aromatic N) is 1. The van der Waals surface area contributed by atoms with Gasteiger partial charge in [0.05, 0.1) is 0 Å². The summed E-state index contributed by atoms with van der Waals surface area (Å²) in [6, 6.07) is 0.516. The summed E-state index contributed by atoms with van der Waals surface area (Å²) in [5, 5.41) is 0.635. The lowest BCUT2D eigenvalue weighted by Gasteiger charge is -2.43. The number of ether oxygens (including phenoxy) is 1. The highest BCUT2D eigenvalue weighted by Gasteiger charge is 2.31. The first-order valence-electron chi connectivity index (χ1n) is 5.04. The van der Waals surface area contributed by atoms with E-state index in [-0.39, 0.29) is 5.60 Å². The summed E-state index contributed by atoms with van der Waals surface area (Å²) in [5.41, 5.74) is -0.189. The minimum atomic E-state index is -0.189. The van der Waals surface area contributed by atoms with Gasteiger partial charge in [-0.1, -0.05) is 6.08 Å². The van der Waals surface area contributed by atoms with Gasteiger partial charge in [-0.2, -0.15) is 0 Å². The van der Waals surface area contributed by atoms with Crippen molar-refractivity contribution in [2.75, 3.05) is 6.54 Å². The van der Waals surface area contributed by atoms with Crippen LogP contribution in [0, 0.1) is 0 Å². The maximum Gasteiger partial charge on any atom is 0.260 e. The lowest BCUT2D eigenvalue weighted by Crippen LogP contribution is -2.52. The highest BCUT2D eigenvalue weighted by atomic mass is 32.1. The van der Waals surface area contributed by atoms with E-state index in [2.05, 4.69) is 11.5 Å². The molecule has 0 N–H and O–H groups in total. The molecule has 3 heteroatoms. The predicted molar refractivity (Wildman–Crippen MR) is 63.4 cm³/mol. The second kappa shape index (κ2) is 4.30. The van der Waals surface area contributed by atoms with Crippen molar-refractivity contribution in [3.05, 3.63) is 12.7 Å². The smallest absolute Gasteiger partial charge is 0.260 e. The molecule has 0 aromatic heterocycles. The first-order chi connectivity index (χ1) is 6.44. The molecule has 80 valence electrons. The zero-order chi connectivity index (χ0) is 10.8. The van der Waals surface area contributed by atoms with E-state index >= 15 is 0 Å². The van der Waals surface area contributed by atoms with Gasteiger partial charge in [-0.25, -0.2) is 0 Å². The highest BCUT2D eigenvalue weighted by Crippen LogP contribution is 2.23. The minimum absolute atomic E-state index is 0.189. The van der Waals surface area contributed by atoms with Crippen LogP contribution in [0.15, 0.2) is 12.7 Å². The molecule has 0 radical (unpaired) electrons. The van der Waals surface area contributed by atoms with Crippen LogP contribution in [0.25, 0.3) is 0 Å². The third kappa shape index (κ3) is 2.98. The second-order valence-electron chi connectivity index (χ2n) is 4.64. The molecule has 1 aliphatic heterocycles. The molecule has 1 saturated heterocycles. The molecule has 0 bridgehead atoms. The first kappa shape index (κ1) is 11.5. The van der Waals surface area contributed by atoms with Crippen LogP contribution in [-0.4, -0.2) is 28.3 Å². The van der Waals surface area contributed by atoms with Crippen molar-refractivity contribution < 1.29 is 4.74 Å². The molecule has 2 nitrogen and oxygen atoms in total. The Hall–Kier alpha value is -0.570. The van der Waals surface area contributed by atoms with Gasteiger partial charge in [-0.15, -0.1) is 6.58 Å². The van der Waals surface area contributed by atoms with Crippen molar-refractivity contribution in [1.29, 1.82) is 0 Å². The summed E-state index contributed by atoms with van der Waals surface area (Å²) in [6.07, 6.45) is 4.13. The lowest BCUT2D eigenvalue weighted by molar-refractivity contribution is 0.0612. The average Bonchev–Trinajstić information content (AvgIpc) is 1.93. The number of likely N-dealkylation sites (tertiary alicyclic amines) is 1. The molecule has 14 heavy (non-hydrogen) atoms. The molecule has 0 spiro atoms. The van der Waals surface area contributed by atoms with Gasteiger partial charge in [0.2, 0.25) is 0 Å². The van der Waals surface area contributed by atoms with Gasteiger partial charge in [0, 0.05) is 12.6 Å². The van der Waals surface area contributed by atoms with Crippen molar-refractivity contribution >= 4 is 17.4 Å². The standard InChI is InChI=1S/C11H19NOS/c1-5-6-9-7-8-12(9)10(14)13-11(2,3)4/h5,9H,1,6-8H2,2-4H3. The average molecular weight is 213 g/mol. The van der Waals surface area contributed by atoms with Crippen LogP contribution in [0.5, 0.6) is 0 Å². The molecule has 0 aromatic rings. The Kier molecular flexibility index (Phi) is 3.53. The molecule has 1 atom stereocenters. The van der Waals surface area contributed by atoms with Gasteiger partial charge < -0.3 is 9.64 Å². The Morgan fingerprint density at radius 2 is 2.29 bits per heavy atom. The monoisotopic (exact) mass is 213 g/mol. The van der Waals surface area contributed by atoms with E-state index in [0.717, 1.165) is 13.0 Å². The Balaban J connectivity index is 2.42. The van der Waals surface area contributed by atoms with Crippen LogP contribution in [0.4, 0.5) is 0 Å².